The molecule has 2 rings (SSSR count). The summed E-state index contributed by atoms with van der Waals surface area (Å²) in [5.74, 6) is 0.869. The minimum atomic E-state index is 0.808. The lowest BCUT2D eigenvalue weighted by Gasteiger charge is -2.27. The van der Waals surface area contributed by atoms with Gasteiger partial charge in [0.15, 0.2) is 0 Å². The molecule has 2 atom stereocenters. The van der Waals surface area contributed by atoms with Crippen LogP contribution in [0.15, 0.2) is 12.2 Å². The predicted octanol–water partition coefficient (Wildman–Crippen LogP) is 2.09. The molecule has 1 fully saturated rings. The second kappa shape index (κ2) is 3.40. The lowest BCUT2D eigenvalue weighted by molar-refractivity contribution is 0.384. The van der Waals surface area contributed by atoms with Crippen LogP contribution in [0.4, 0.5) is 0 Å². The van der Waals surface area contributed by atoms with Crippen LogP contribution in [0.2, 0.25) is 0 Å². The van der Waals surface area contributed by atoms with E-state index in [-0.39, 0.29) is 0 Å². The smallest absolute Gasteiger partial charge is 0.0133 e. The molecule has 0 aromatic heterocycles. The van der Waals surface area contributed by atoms with E-state index in [0.717, 1.165) is 12.0 Å². The van der Waals surface area contributed by atoms with Crippen LogP contribution in [0.5, 0.6) is 0 Å². The standard InChI is InChI=1S/C10H17N/c1-2-7-10(11-8-3-1)9-5-4-6-9/h4-5,9-11H,1-3,6-8H2. The lowest BCUT2D eigenvalue weighted by Crippen LogP contribution is -2.36. The molecule has 0 bridgehead atoms. The van der Waals surface area contributed by atoms with Gasteiger partial charge >= 0.3 is 0 Å². The Morgan fingerprint density at radius 2 is 2.09 bits per heavy atom. The van der Waals surface area contributed by atoms with Crippen molar-refractivity contribution in [2.75, 3.05) is 6.54 Å². The zero-order valence-corrected chi connectivity index (χ0v) is 7.05. The van der Waals surface area contributed by atoms with Crippen LogP contribution in [0.3, 0.4) is 0 Å². The second-order valence-electron chi connectivity index (χ2n) is 3.74. The third-order valence-electron chi connectivity index (χ3n) is 2.91. The van der Waals surface area contributed by atoms with Crippen LogP contribution in [-0.2, 0) is 0 Å². The number of allylic oxidation sites excluding steroid dienone is 1. The Kier molecular flexibility index (Phi) is 2.27. The summed E-state index contributed by atoms with van der Waals surface area (Å²) in [4.78, 5) is 0. The Balaban J connectivity index is 1.85. The lowest BCUT2D eigenvalue weighted by atomic mass is 9.85. The second-order valence-corrected chi connectivity index (χ2v) is 3.74. The third kappa shape index (κ3) is 1.64. The van der Waals surface area contributed by atoms with E-state index in [1.54, 1.807) is 0 Å². The largest absolute Gasteiger partial charge is 0.313 e. The number of hydrogen-bond acceptors (Lipinski definition) is 1. The highest BCUT2D eigenvalue weighted by Crippen LogP contribution is 2.25. The van der Waals surface area contributed by atoms with Crippen molar-refractivity contribution in [2.45, 2.75) is 38.1 Å². The highest BCUT2D eigenvalue weighted by molar-refractivity contribution is 5.06. The molecule has 1 N–H and O–H groups in total. The van der Waals surface area contributed by atoms with Crippen LogP contribution in [0.1, 0.15) is 32.1 Å². The van der Waals surface area contributed by atoms with Gasteiger partial charge in [0, 0.05) is 6.04 Å². The maximum Gasteiger partial charge on any atom is 0.0133 e. The van der Waals surface area contributed by atoms with Crippen molar-refractivity contribution in [1.82, 2.24) is 5.32 Å². The van der Waals surface area contributed by atoms with Crippen LogP contribution in [0, 0.1) is 5.92 Å². The van der Waals surface area contributed by atoms with Crippen molar-refractivity contribution < 1.29 is 0 Å². The fourth-order valence-electron chi connectivity index (χ4n) is 2.01. The van der Waals surface area contributed by atoms with Gasteiger partial charge in [-0.15, -0.1) is 0 Å². The highest BCUT2D eigenvalue weighted by atomic mass is 14.9. The average Bonchev–Trinajstić information content (AvgIpc) is 2.12. The van der Waals surface area contributed by atoms with Gasteiger partial charge in [-0.05, 0) is 31.7 Å². The molecule has 1 nitrogen and oxygen atoms in total. The van der Waals surface area contributed by atoms with E-state index in [9.17, 15) is 0 Å². The topological polar surface area (TPSA) is 12.0 Å². The molecule has 0 amide bonds. The van der Waals surface area contributed by atoms with Crippen molar-refractivity contribution in [1.29, 1.82) is 0 Å². The molecule has 0 aromatic carbocycles. The van der Waals surface area contributed by atoms with Gasteiger partial charge < -0.3 is 5.32 Å². The Hall–Kier alpha value is -0.300. The molecule has 62 valence electrons. The minimum Gasteiger partial charge on any atom is -0.313 e. The monoisotopic (exact) mass is 151 g/mol. The zero-order valence-electron chi connectivity index (χ0n) is 7.05. The van der Waals surface area contributed by atoms with E-state index in [1.165, 1.54) is 38.6 Å². The first-order valence-electron chi connectivity index (χ1n) is 4.87. The number of nitrogens with one attached hydrogen (secondary N) is 1. The van der Waals surface area contributed by atoms with E-state index in [2.05, 4.69) is 17.5 Å². The average molecular weight is 151 g/mol. The van der Waals surface area contributed by atoms with Crippen molar-refractivity contribution >= 4 is 0 Å². The molecule has 0 saturated carbocycles. The van der Waals surface area contributed by atoms with Gasteiger partial charge in [-0.2, -0.15) is 0 Å². The van der Waals surface area contributed by atoms with Crippen molar-refractivity contribution in [2.24, 2.45) is 5.92 Å². The van der Waals surface area contributed by atoms with Gasteiger partial charge in [0.2, 0.25) is 0 Å². The van der Waals surface area contributed by atoms with E-state index < -0.39 is 0 Å². The molecule has 11 heavy (non-hydrogen) atoms. The first kappa shape index (κ1) is 7.35. The van der Waals surface area contributed by atoms with Gasteiger partial charge in [0.25, 0.3) is 0 Å². The van der Waals surface area contributed by atoms with E-state index in [0.29, 0.717) is 0 Å². The summed E-state index contributed by atoms with van der Waals surface area (Å²) in [5.41, 5.74) is 0. The quantitative estimate of drug-likeness (QED) is 0.566. The van der Waals surface area contributed by atoms with Gasteiger partial charge in [0.05, 0.1) is 0 Å². The summed E-state index contributed by atoms with van der Waals surface area (Å²) in [6, 6.07) is 0.808. The maximum absolute atomic E-state index is 3.63. The molecule has 0 radical (unpaired) electrons. The Bertz CT molecular complexity index is 143. The molecule has 0 aromatic rings. The van der Waals surface area contributed by atoms with Crippen LogP contribution in [-0.4, -0.2) is 12.6 Å². The molecular formula is C10H17N. The molecule has 1 aliphatic heterocycles. The Morgan fingerprint density at radius 3 is 2.82 bits per heavy atom. The van der Waals surface area contributed by atoms with Crippen molar-refractivity contribution in [3.63, 3.8) is 0 Å². The molecule has 2 aliphatic rings. The molecule has 2 unspecified atom stereocenters. The molecule has 1 heterocycles. The summed E-state index contributed by atoms with van der Waals surface area (Å²) >= 11 is 0. The first-order valence-corrected chi connectivity index (χ1v) is 4.87. The van der Waals surface area contributed by atoms with Gasteiger partial charge in [-0.1, -0.05) is 25.0 Å². The molecule has 1 aliphatic carbocycles. The van der Waals surface area contributed by atoms with Crippen LogP contribution < -0.4 is 5.32 Å². The summed E-state index contributed by atoms with van der Waals surface area (Å²) in [7, 11) is 0. The zero-order chi connectivity index (χ0) is 7.52. The maximum atomic E-state index is 3.63. The van der Waals surface area contributed by atoms with E-state index >= 15 is 0 Å². The summed E-state index contributed by atoms with van der Waals surface area (Å²) in [6.07, 6.45) is 11.6. The summed E-state index contributed by atoms with van der Waals surface area (Å²) in [6.45, 7) is 1.25. The molecular weight excluding hydrogens is 134 g/mol. The fraction of sp³-hybridized carbons (Fsp3) is 0.800. The summed E-state index contributed by atoms with van der Waals surface area (Å²) in [5, 5.41) is 3.63. The van der Waals surface area contributed by atoms with Gasteiger partial charge in [-0.25, -0.2) is 0 Å². The molecule has 1 saturated heterocycles. The number of hydrogen-bond donors (Lipinski definition) is 1. The van der Waals surface area contributed by atoms with Crippen LogP contribution >= 0.6 is 0 Å². The fourth-order valence-corrected chi connectivity index (χ4v) is 2.01. The van der Waals surface area contributed by atoms with Crippen molar-refractivity contribution in [3.8, 4) is 0 Å². The summed E-state index contributed by atoms with van der Waals surface area (Å²) < 4.78 is 0. The highest BCUT2D eigenvalue weighted by Gasteiger charge is 2.22. The molecule has 0 spiro atoms. The normalized spacial score (nSPS) is 37.8. The molecule has 1 heteroatoms. The van der Waals surface area contributed by atoms with E-state index in [1.807, 2.05) is 0 Å². The first-order chi connectivity index (χ1) is 5.47. The van der Waals surface area contributed by atoms with Crippen LogP contribution in [0.25, 0.3) is 0 Å². The Morgan fingerprint density at radius 1 is 1.18 bits per heavy atom. The third-order valence-corrected chi connectivity index (χ3v) is 2.91. The number of rotatable bonds is 1. The SMILES string of the molecule is C1=CC(C2CCCCCN2)C1. The predicted molar refractivity (Wildman–Crippen MR) is 47.5 cm³/mol. The minimum absolute atomic E-state index is 0.808. The Labute approximate surface area is 68.9 Å². The van der Waals surface area contributed by atoms with Gasteiger partial charge in [0.1, 0.15) is 0 Å². The van der Waals surface area contributed by atoms with Gasteiger partial charge in [-0.3, -0.25) is 0 Å². The van der Waals surface area contributed by atoms with E-state index in [4.69, 9.17) is 0 Å². The van der Waals surface area contributed by atoms with Crippen molar-refractivity contribution in [3.05, 3.63) is 12.2 Å².